The van der Waals surface area contributed by atoms with E-state index in [4.69, 9.17) is 16.3 Å². The lowest BCUT2D eigenvalue weighted by Gasteiger charge is -2.25. The molecule has 1 aliphatic heterocycles. The number of sulfonamides is 1. The van der Waals surface area contributed by atoms with Gasteiger partial charge in [-0.3, -0.25) is 4.79 Å². The zero-order valence-electron chi connectivity index (χ0n) is 15.6. The molecule has 154 valence electrons. The monoisotopic (exact) mass is 436 g/mol. The van der Waals surface area contributed by atoms with Gasteiger partial charge in [-0.05, 0) is 49.2 Å². The highest BCUT2D eigenvalue weighted by atomic mass is 35.5. The number of amides is 1. The fourth-order valence-corrected chi connectivity index (χ4v) is 4.73. The predicted molar refractivity (Wildman–Crippen MR) is 109 cm³/mol. The summed E-state index contributed by atoms with van der Waals surface area (Å²) in [6, 6.07) is 12.3. The van der Waals surface area contributed by atoms with Crippen LogP contribution in [0.25, 0.3) is 0 Å². The first-order chi connectivity index (χ1) is 13.9. The number of hydrogen-bond donors (Lipinski definition) is 1. The Bertz CT molecular complexity index is 986. The van der Waals surface area contributed by atoms with Crippen molar-refractivity contribution in [2.24, 2.45) is 0 Å². The van der Waals surface area contributed by atoms with E-state index in [1.54, 1.807) is 18.2 Å². The summed E-state index contributed by atoms with van der Waals surface area (Å²) in [5, 5.41) is 2.80. The average Bonchev–Trinajstić information content (AvgIpc) is 2.73. The molecule has 2 aromatic rings. The molecule has 9 heteroatoms. The van der Waals surface area contributed by atoms with E-state index in [2.05, 4.69) is 5.32 Å². The molecule has 0 atom stereocenters. The molecule has 0 unspecified atom stereocenters. The highest BCUT2D eigenvalue weighted by Gasteiger charge is 2.25. The maximum atomic E-state index is 12.6. The smallest absolute Gasteiger partial charge is 0.340 e. The molecule has 7 nitrogen and oxygen atoms in total. The van der Waals surface area contributed by atoms with E-state index in [1.165, 1.54) is 34.6 Å². The summed E-state index contributed by atoms with van der Waals surface area (Å²) in [7, 11) is -3.52. The van der Waals surface area contributed by atoms with Crippen LogP contribution in [-0.4, -0.2) is 44.3 Å². The molecule has 0 spiro atoms. The summed E-state index contributed by atoms with van der Waals surface area (Å²) in [5.74, 6) is -1.24. The van der Waals surface area contributed by atoms with Gasteiger partial charge in [-0.15, -0.1) is 0 Å². The zero-order valence-corrected chi connectivity index (χ0v) is 17.2. The first-order valence-corrected chi connectivity index (χ1v) is 11.0. The Kier molecular flexibility index (Phi) is 6.89. The van der Waals surface area contributed by atoms with Crippen molar-refractivity contribution in [2.45, 2.75) is 24.2 Å². The molecule has 0 bridgehead atoms. The molecule has 0 saturated carbocycles. The molecule has 1 aliphatic rings. The molecular weight excluding hydrogens is 416 g/mol. The lowest BCUT2D eigenvalue weighted by molar-refractivity contribution is -0.119. The van der Waals surface area contributed by atoms with Gasteiger partial charge in [0.2, 0.25) is 10.0 Å². The van der Waals surface area contributed by atoms with Crippen molar-refractivity contribution < 1.29 is 22.7 Å². The number of nitrogens with one attached hydrogen (secondary N) is 1. The van der Waals surface area contributed by atoms with Gasteiger partial charge in [0, 0.05) is 18.8 Å². The van der Waals surface area contributed by atoms with Gasteiger partial charge in [-0.1, -0.05) is 30.2 Å². The van der Waals surface area contributed by atoms with Crippen LogP contribution in [0.3, 0.4) is 0 Å². The number of halogens is 1. The molecular formula is C20H21ClN2O5S. The highest BCUT2D eigenvalue weighted by Crippen LogP contribution is 2.22. The standard InChI is InChI=1S/C20H21ClN2O5S/c21-18-7-3-2-6-17(18)20(25)28-14-19(24)22-15-8-10-16(11-9-15)29(26,27)23-12-4-1-5-13-23/h2-3,6-11H,1,4-5,12-14H2,(H,22,24). The van der Waals surface area contributed by atoms with Crippen LogP contribution < -0.4 is 5.32 Å². The third-order valence-electron chi connectivity index (χ3n) is 4.52. The zero-order chi connectivity index (χ0) is 20.9. The van der Waals surface area contributed by atoms with Crippen molar-refractivity contribution >= 4 is 39.2 Å². The van der Waals surface area contributed by atoms with Crippen molar-refractivity contribution in [2.75, 3.05) is 25.0 Å². The number of nitrogens with zero attached hydrogens (tertiary/aromatic N) is 1. The van der Waals surface area contributed by atoms with Crippen LogP contribution in [0.5, 0.6) is 0 Å². The van der Waals surface area contributed by atoms with Gasteiger partial charge in [-0.25, -0.2) is 13.2 Å². The number of anilines is 1. The molecule has 2 aromatic carbocycles. The number of carbonyl (C=O) groups is 2. The minimum atomic E-state index is -3.52. The van der Waals surface area contributed by atoms with E-state index in [0.29, 0.717) is 18.8 Å². The number of piperidine rings is 1. The Labute approximate surface area is 174 Å². The van der Waals surface area contributed by atoms with Gasteiger partial charge in [-0.2, -0.15) is 4.31 Å². The maximum Gasteiger partial charge on any atom is 0.340 e. The predicted octanol–water partition coefficient (Wildman–Crippen LogP) is 3.31. The van der Waals surface area contributed by atoms with Gasteiger partial charge in [0.25, 0.3) is 5.91 Å². The second kappa shape index (κ2) is 9.39. The van der Waals surface area contributed by atoms with E-state index < -0.39 is 28.5 Å². The van der Waals surface area contributed by atoms with Crippen LogP contribution in [0, 0.1) is 0 Å². The highest BCUT2D eigenvalue weighted by molar-refractivity contribution is 7.89. The topological polar surface area (TPSA) is 92.8 Å². The van der Waals surface area contributed by atoms with Crippen molar-refractivity contribution in [3.05, 3.63) is 59.1 Å². The minimum Gasteiger partial charge on any atom is -0.452 e. The number of rotatable bonds is 6. The first-order valence-electron chi connectivity index (χ1n) is 9.19. The minimum absolute atomic E-state index is 0.175. The fraction of sp³-hybridized carbons (Fsp3) is 0.300. The van der Waals surface area contributed by atoms with Crippen LogP contribution in [0.15, 0.2) is 53.4 Å². The van der Waals surface area contributed by atoms with E-state index in [1.807, 2.05) is 0 Å². The normalized spacial score (nSPS) is 14.9. The van der Waals surface area contributed by atoms with Crippen molar-refractivity contribution in [1.82, 2.24) is 4.31 Å². The van der Waals surface area contributed by atoms with E-state index in [-0.39, 0.29) is 15.5 Å². The number of ether oxygens (including phenoxy) is 1. The van der Waals surface area contributed by atoms with E-state index >= 15 is 0 Å². The summed E-state index contributed by atoms with van der Waals surface area (Å²) in [6.45, 7) is 0.563. The van der Waals surface area contributed by atoms with Crippen LogP contribution in [0.1, 0.15) is 29.6 Å². The number of hydrogen-bond acceptors (Lipinski definition) is 5. The number of benzene rings is 2. The number of esters is 1. The molecule has 1 heterocycles. The van der Waals surface area contributed by atoms with Crippen LogP contribution in [0.2, 0.25) is 5.02 Å². The van der Waals surface area contributed by atoms with E-state index in [0.717, 1.165) is 19.3 Å². The summed E-state index contributed by atoms with van der Waals surface area (Å²) < 4.78 is 31.7. The Morgan fingerprint density at radius 3 is 2.31 bits per heavy atom. The Morgan fingerprint density at radius 2 is 1.66 bits per heavy atom. The summed E-state index contributed by atoms with van der Waals surface area (Å²) in [4.78, 5) is 24.2. The molecule has 3 rings (SSSR count). The molecule has 0 aliphatic carbocycles. The van der Waals surface area contributed by atoms with Crippen LogP contribution in [0.4, 0.5) is 5.69 Å². The van der Waals surface area contributed by atoms with E-state index in [9.17, 15) is 18.0 Å². The summed E-state index contributed by atoms with van der Waals surface area (Å²) >= 11 is 5.92. The molecule has 1 amide bonds. The van der Waals surface area contributed by atoms with Crippen molar-refractivity contribution in [3.8, 4) is 0 Å². The second-order valence-electron chi connectivity index (χ2n) is 6.59. The van der Waals surface area contributed by atoms with Gasteiger partial charge < -0.3 is 10.1 Å². The lowest BCUT2D eigenvalue weighted by atomic mass is 10.2. The Hall–Kier alpha value is -2.42. The maximum absolute atomic E-state index is 12.6. The molecule has 1 N–H and O–H groups in total. The SMILES string of the molecule is O=C(COC(=O)c1ccccc1Cl)Nc1ccc(S(=O)(=O)N2CCCCC2)cc1. The first kappa shape index (κ1) is 21.3. The molecule has 1 fully saturated rings. The van der Waals surface area contributed by atoms with Gasteiger partial charge >= 0.3 is 5.97 Å². The third kappa shape index (κ3) is 5.35. The van der Waals surface area contributed by atoms with Crippen LogP contribution >= 0.6 is 11.6 Å². The van der Waals surface area contributed by atoms with Gasteiger partial charge in [0.05, 0.1) is 15.5 Å². The Balaban J connectivity index is 1.56. The largest absolute Gasteiger partial charge is 0.452 e. The fourth-order valence-electron chi connectivity index (χ4n) is 3.00. The summed E-state index contributed by atoms with van der Waals surface area (Å²) in [5.41, 5.74) is 0.579. The molecule has 1 saturated heterocycles. The molecule has 0 radical (unpaired) electrons. The van der Waals surface area contributed by atoms with Crippen molar-refractivity contribution in [3.63, 3.8) is 0 Å². The molecule has 0 aromatic heterocycles. The molecule has 29 heavy (non-hydrogen) atoms. The Morgan fingerprint density at radius 1 is 1.00 bits per heavy atom. The van der Waals surface area contributed by atoms with Gasteiger partial charge in [0.15, 0.2) is 6.61 Å². The summed E-state index contributed by atoms with van der Waals surface area (Å²) in [6.07, 6.45) is 2.76. The lowest BCUT2D eigenvalue weighted by Crippen LogP contribution is -2.35. The second-order valence-corrected chi connectivity index (χ2v) is 8.94. The quantitative estimate of drug-likeness (QED) is 0.701. The van der Waals surface area contributed by atoms with Crippen LogP contribution in [-0.2, 0) is 19.6 Å². The average molecular weight is 437 g/mol. The van der Waals surface area contributed by atoms with Gasteiger partial charge in [0.1, 0.15) is 0 Å². The third-order valence-corrected chi connectivity index (χ3v) is 6.76. The van der Waals surface area contributed by atoms with Crippen molar-refractivity contribution in [1.29, 1.82) is 0 Å². The number of carbonyl (C=O) groups excluding carboxylic acids is 2.